The molecule has 112 valence electrons. The molecule has 0 radical (unpaired) electrons. The lowest BCUT2D eigenvalue weighted by Gasteiger charge is -2.16. The number of hydrogen-bond donors (Lipinski definition) is 2. The summed E-state index contributed by atoms with van der Waals surface area (Å²) in [5.74, 6) is 0.485. The molecular weight excluding hydrogens is 256 g/mol. The minimum atomic E-state index is 0.0574. The molecule has 1 aromatic heterocycles. The van der Waals surface area contributed by atoms with Crippen LogP contribution in [-0.4, -0.2) is 51.9 Å². The molecule has 1 aliphatic heterocycles. The Morgan fingerprint density at radius 3 is 3.10 bits per heavy atom. The number of aryl methyl sites for hydroxylation is 1. The molecule has 6 nitrogen and oxygen atoms in total. The van der Waals surface area contributed by atoms with Crippen molar-refractivity contribution in [3.8, 4) is 0 Å². The summed E-state index contributed by atoms with van der Waals surface area (Å²) in [5, 5.41) is 13.2. The average molecular weight is 280 g/mol. The Morgan fingerprint density at radius 1 is 1.60 bits per heavy atom. The summed E-state index contributed by atoms with van der Waals surface area (Å²) in [6.07, 6.45) is 4.27. The molecule has 1 amide bonds. The van der Waals surface area contributed by atoms with Crippen molar-refractivity contribution in [1.29, 1.82) is 0 Å². The molecule has 1 aliphatic rings. The maximum absolute atomic E-state index is 12.5. The van der Waals surface area contributed by atoms with Crippen LogP contribution in [-0.2, 0) is 6.54 Å². The molecule has 0 bridgehead atoms. The molecule has 2 rings (SSSR count). The number of aromatic nitrogens is 2. The molecule has 0 aliphatic carbocycles. The van der Waals surface area contributed by atoms with E-state index in [1.807, 2.05) is 16.5 Å². The van der Waals surface area contributed by atoms with Crippen molar-refractivity contribution >= 4 is 5.91 Å². The summed E-state index contributed by atoms with van der Waals surface area (Å²) in [7, 11) is 0. The summed E-state index contributed by atoms with van der Waals surface area (Å²) in [5.41, 5.74) is 7.10. The van der Waals surface area contributed by atoms with Crippen molar-refractivity contribution in [2.45, 2.75) is 32.7 Å². The van der Waals surface area contributed by atoms with Gasteiger partial charge in [0, 0.05) is 31.9 Å². The molecule has 3 N–H and O–H groups in total. The number of likely N-dealkylation sites (tertiary alicyclic amines) is 1. The number of nitrogens with two attached hydrogens (primary N) is 1. The summed E-state index contributed by atoms with van der Waals surface area (Å²) in [6.45, 7) is 5.02. The SMILES string of the molecule is Cc1c(C(=O)N2CCC(CCO)C2)cnn1CCCN. The molecule has 1 unspecified atom stereocenters. The van der Waals surface area contributed by atoms with E-state index in [0.717, 1.165) is 44.6 Å². The Balaban J connectivity index is 2.01. The van der Waals surface area contributed by atoms with Gasteiger partial charge in [-0.25, -0.2) is 0 Å². The molecule has 0 aromatic carbocycles. The van der Waals surface area contributed by atoms with E-state index in [-0.39, 0.29) is 12.5 Å². The first kappa shape index (κ1) is 15.0. The first-order valence-electron chi connectivity index (χ1n) is 7.30. The highest BCUT2D eigenvalue weighted by molar-refractivity contribution is 5.95. The average Bonchev–Trinajstić information content (AvgIpc) is 3.04. The molecule has 1 aromatic rings. The topological polar surface area (TPSA) is 84.4 Å². The number of carbonyl (C=O) groups is 1. The Bertz CT molecular complexity index is 458. The fraction of sp³-hybridized carbons (Fsp3) is 0.714. The van der Waals surface area contributed by atoms with Gasteiger partial charge in [-0.05, 0) is 38.6 Å². The van der Waals surface area contributed by atoms with Crippen molar-refractivity contribution < 1.29 is 9.90 Å². The van der Waals surface area contributed by atoms with Crippen molar-refractivity contribution in [3.63, 3.8) is 0 Å². The van der Waals surface area contributed by atoms with E-state index in [0.29, 0.717) is 18.0 Å². The normalized spacial score (nSPS) is 18.8. The second kappa shape index (κ2) is 6.85. The van der Waals surface area contributed by atoms with Crippen LogP contribution in [0.4, 0.5) is 0 Å². The summed E-state index contributed by atoms with van der Waals surface area (Å²) >= 11 is 0. The smallest absolute Gasteiger partial charge is 0.257 e. The lowest BCUT2D eigenvalue weighted by molar-refractivity contribution is 0.0784. The number of rotatable bonds is 6. The summed E-state index contributed by atoms with van der Waals surface area (Å²) in [6, 6.07) is 0. The highest BCUT2D eigenvalue weighted by Gasteiger charge is 2.28. The van der Waals surface area contributed by atoms with Gasteiger partial charge in [0.2, 0.25) is 0 Å². The van der Waals surface area contributed by atoms with Gasteiger partial charge in [-0.2, -0.15) is 5.10 Å². The second-order valence-electron chi connectivity index (χ2n) is 5.43. The molecule has 1 saturated heterocycles. The van der Waals surface area contributed by atoms with Crippen LogP contribution in [0.15, 0.2) is 6.20 Å². The Hall–Kier alpha value is -1.40. The Labute approximate surface area is 119 Å². The first-order chi connectivity index (χ1) is 9.67. The van der Waals surface area contributed by atoms with Gasteiger partial charge in [0.05, 0.1) is 11.8 Å². The third-order valence-electron chi connectivity index (χ3n) is 4.02. The van der Waals surface area contributed by atoms with Crippen molar-refractivity contribution in [1.82, 2.24) is 14.7 Å². The maximum atomic E-state index is 12.5. The van der Waals surface area contributed by atoms with Gasteiger partial charge < -0.3 is 15.7 Å². The van der Waals surface area contributed by atoms with Crippen LogP contribution in [0.5, 0.6) is 0 Å². The van der Waals surface area contributed by atoms with Crippen molar-refractivity contribution in [3.05, 3.63) is 17.5 Å². The fourth-order valence-corrected chi connectivity index (χ4v) is 2.73. The van der Waals surface area contributed by atoms with Crippen LogP contribution in [0.3, 0.4) is 0 Å². The van der Waals surface area contributed by atoms with Crippen molar-refractivity contribution in [2.75, 3.05) is 26.2 Å². The van der Waals surface area contributed by atoms with Gasteiger partial charge >= 0.3 is 0 Å². The third-order valence-corrected chi connectivity index (χ3v) is 4.02. The first-order valence-corrected chi connectivity index (χ1v) is 7.30. The fourth-order valence-electron chi connectivity index (χ4n) is 2.73. The van der Waals surface area contributed by atoms with Gasteiger partial charge in [-0.3, -0.25) is 9.48 Å². The van der Waals surface area contributed by atoms with E-state index < -0.39 is 0 Å². The van der Waals surface area contributed by atoms with Gasteiger partial charge in [0.15, 0.2) is 0 Å². The monoisotopic (exact) mass is 280 g/mol. The quantitative estimate of drug-likeness (QED) is 0.789. The van der Waals surface area contributed by atoms with Crippen LogP contribution < -0.4 is 5.73 Å². The minimum absolute atomic E-state index is 0.0574. The highest BCUT2D eigenvalue weighted by Crippen LogP contribution is 2.22. The molecule has 0 saturated carbocycles. The van der Waals surface area contributed by atoms with E-state index in [9.17, 15) is 4.79 Å². The number of carbonyl (C=O) groups excluding carboxylic acids is 1. The minimum Gasteiger partial charge on any atom is -0.396 e. The molecular formula is C14H24N4O2. The molecule has 1 atom stereocenters. The standard InChI is InChI=1S/C14H24N4O2/c1-11-13(9-16-18(11)6-2-5-15)14(20)17-7-3-12(10-17)4-8-19/h9,12,19H,2-8,10,15H2,1H3. The van der Waals surface area contributed by atoms with Crippen LogP contribution in [0.2, 0.25) is 0 Å². The molecule has 0 spiro atoms. The Kier molecular flexibility index (Phi) is 5.14. The van der Waals surface area contributed by atoms with E-state index in [2.05, 4.69) is 5.10 Å². The number of amides is 1. The van der Waals surface area contributed by atoms with Gasteiger partial charge in [-0.15, -0.1) is 0 Å². The van der Waals surface area contributed by atoms with Gasteiger partial charge in [0.25, 0.3) is 5.91 Å². The molecule has 6 heteroatoms. The lowest BCUT2D eigenvalue weighted by atomic mass is 10.1. The summed E-state index contributed by atoms with van der Waals surface area (Å²) < 4.78 is 1.85. The number of hydrogen-bond acceptors (Lipinski definition) is 4. The van der Waals surface area contributed by atoms with Crippen LogP contribution in [0.1, 0.15) is 35.3 Å². The molecule has 1 fully saturated rings. The number of aliphatic hydroxyl groups is 1. The van der Waals surface area contributed by atoms with Crippen LogP contribution in [0.25, 0.3) is 0 Å². The highest BCUT2D eigenvalue weighted by atomic mass is 16.3. The van der Waals surface area contributed by atoms with Gasteiger partial charge in [0.1, 0.15) is 0 Å². The van der Waals surface area contributed by atoms with E-state index in [4.69, 9.17) is 10.8 Å². The molecule has 2 heterocycles. The van der Waals surface area contributed by atoms with Crippen LogP contribution >= 0.6 is 0 Å². The third kappa shape index (κ3) is 3.19. The zero-order chi connectivity index (χ0) is 14.5. The lowest BCUT2D eigenvalue weighted by Crippen LogP contribution is -2.29. The number of aliphatic hydroxyl groups excluding tert-OH is 1. The van der Waals surface area contributed by atoms with Crippen LogP contribution in [0, 0.1) is 12.8 Å². The maximum Gasteiger partial charge on any atom is 0.257 e. The second-order valence-corrected chi connectivity index (χ2v) is 5.43. The molecule has 20 heavy (non-hydrogen) atoms. The van der Waals surface area contributed by atoms with E-state index in [1.54, 1.807) is 6.20 Å². The number of nitrogens with zero attached hydrogens (tertiary/aromatic N) is 3. The van der Waals surface area contributed by atoms with E-state index in [1.165, 1.54) is 0 Å². The predicted octanol–water partition coefficient (Wildman–Crippen LogP) is 0.385. The largest absolute Gasteiger partial charge is 0.396 e. The zero-order valence-electron chi connectivity index (χ0n) is 12.1. The van der Waals surface area contributed by atoms with Gasteiger partial charge in [-0.1, -0.05) is 0 Å². The van der Waals surface area contributed by atoms with Crippen molar-refractivity contribution in [2.24, 2.45) is 11.7 Å². The Morgan fingerprint density at radius 2 is 2.40 bits per heavy atom. The summed E-state index contributed by atoms with van der Waals surface area (Å²) in [4.78, 5) is 14.4. The predicted molar refractivity (Wildman–Crippen MR) is 76.3 cm³/mol. The van der Waals surface area contributed by atoms with E-state index >= 15 is 0 Å². The zero-order valence-corrected chi connectivity index (χ0v) is 12.1.